The molecule has 0 unspecified atom stereocenters. The Morgan fingerprint density at radius 3 is 2.55 bits per heavy atom. The van der Waals surface area contributed by atoms with Gasteiger partial charge in [0.1, 0.15) is 12.4 Å². The lowest BCUT2D eigenvalue weighted by Gasteiger charge is -2.24. The number of hydrogen-bond acceptors (Lipinski definition) is 5. The van der Waals surface area contributed by atoms with Gasteiger partial charge in [-0.25, -0.2) is 4.68 Å². The Kier molecular flexibility index (Phi) is 8.18. The van der Waals surface area contributed by atoms with E-state index in [0.717, 1.165) is 64.2 Å². The first-order chi connectivity index (χ1) is 20.4. The summed E-state index contributed by atoms with van der Waals surface area (Å²) in [5.74, 6) is 0.568. The van der Waals surface area contributed by atoms with Gasteiger partial charge in [0.05, 0.1) is 28.5 Å². The van der Waals surface area contributed by atoms with Crippen molar-refractivity contribution in [3.63, 3.8) is 0 Å². The van der Waals surface area contributed by atoms with E-state index in [0.29, 0.717) is 12.4 Å². The summed E-state index contributed by atoms with van der Waals surface area (Å²) in [7, 11) is 0. The first kappa shape index (κ1) is 28.2. The average molecular weight is 581 g/mol. The Hall–Kier alpha value is -3.88. The first-order valence-corrected chi connectivity index (χ1v) is 15.6. The van der Waals surface area contributed by atoms with Crippen LogP contribution in [0, 0.1) is 20.8 Å². The SMILES string of the molecule is Cc1ccc(-n2nc(-c3ccccc3)c3c2N(CC(=O)NC[C@@H]2CCCO2)C(=O)CS[C@H]3c2ccccc2C)c(C)c1. The van der Waals surface area contributed by atoms with Crippen LogP contribution >= 0.6 is 11.8 Å². The molecule has 2 aliphatic rings. The summed E-state index contributed by atoms with van der Waals surface area (Å²) in [6.07, 6.45) is 1.96. The molecule has 1 aromatic heterocycles. The number of rotatable bonds is 7. The van der Waals surface area contributed by atoms with Crippen molar-refractivity contribution in [3.05, 3.63) is 101 Å². The zero-order valence-corrected chi connectivity index (χ0v) is 25.1. The van der Waals surface area contributed by atoms with Crippen LogP contribution in [-0.2, 0) is 14.3 Å². The lowest BCUT2D eigenvalue weighted by atomic mass is 9.96. The van der Waals surface area contributed by atoms with E-state index in [4.69, 9.17) is 9.84 Å². The van der Waals surface area contributed by atoms with Crippen LogP contribution in [0.1, 0.15) is 45.9 Å². The van der Waals surface area contributed by atoms with E-state index in [1.807, 2.05) is 41.1 Å². The molecule has 3 aromatic carbocycles. The predicted octanol–water partition coefficient (Wildman–Crippen LogP) is 5.93. The highest BCUT2D eigenvalue weighted by Crippen LogP contribution is 2.49. The standard InChI is InChI=1S/C34H36N4O3S/c1-22-15-16-28(24(3)18-22)38-34-31(32(36-38)25-11-5-4-6-12-25)33(27-14-8-7-10-23(27)2)42-21-30(40)37(34)20-29(39)35-19-26-13-9-17-41-26/h4-8,10-12,14-16,18,26,33H,9,13,17,19-21H2,1-3H3,(H,35,39)/t26-,33-/m0/s1. The fraction of sp³-hybridized carbons (Fsp3) is 0.324. The normalized spacial score (nSPS) is 18.5. The van der Waals surface area contributed by atoms with Crippen LogP contribution in [0.3, 0.4) is 0 Å². The molecular formula is C34H36N4O3S. The number of aromatic nitrogens is 2. The van der Waals surface area contributed by atoms with Crippen molar-refractivity contribution in [3.8, 4) is 16.9 Å². The number of anilines is 1. The van der Waals surface area contributed by atoms with Crippen LogP contribution in [0.5, 0.6) is 0 Å². The molecular weight excluding hydrogens is 544 g/mol. The third-order valence-electron chi connectivity index (χ3n) is 8.04. The molecule has 1 fully saturated rings. The van der Waals surface area contributed by atoms with E-state index >= 15 is 0 Å². The molecule has 42 heavy (non-hydrogen) atoms. The number of benzene rings is 3. The largest absolute Gasteiger partial charge is 0.376 e. The van der Waals surface area contributed by atoms with Gasteiger partial charge in [-0.3, -0.25) is 14.5 Å². The minimum atomic E-state index is -0.209. The van der Waals surface area contributed by atoms with Crippen LogP contribution in [-0.4, -0.2) is 53.1 Å². The lowest BCUT2D eigenvalue weighted by Crippen LogP contribution is -2.44. The second kappa shape index (κ2) is 12.2. The van der Waals surface area contributed by atoms with Crippen LogP contribution in [0.25, 0.3) is 16.9 Å². The summed E-state index contributed by atoms with van der Waals surface area (Å²) in [5.41, 5.74) is 8.07. The van der Waals surface area contributed by atoms with Crippen LogP contribution in [0.4, 0.5) is 5.82 Å². The van der Waals surface area contributed by atoms with Gasteiger partial charge in [-0.1, -0.05) is 72.3 Å². The van der Waals surface area contributed by atoms with Crippen LogP contribution in [0.2, 0.25) is 0 Å². The number of fused-ring (bicyclic) bond motifs is 1. The molecule has 6 rings (SSSR count). The first-order valence-electron chi connectivity index (χ1n) is 14.5. The van der Waals surface area contributed by atoms with Gasteiger partial charge in [0, 0.05) is 24.3 Å². The highest BCUT2D eigenvalue weighted by atomic mass is 32.2. The number of thioether (sulfide) groups is 1. The number of ether oxygens (including phenoxy) is 1. The van der Waals surface area contributed by atoms with Gasteiger partial charge in [-0.15, -0.1) is 11.8 Å². The number of nitrogens with one attached hydrogen (secondary N) is 1. The van der Waals surface area contributed by atoms with Crippen molar-refractivity contribution in [2.45, 2.75) is 45.0 Å². The summed E-state index contributed by atoms with van der Waals surface area (Å²) < 4.78 is 7.59. The summed E-state index contributed by atoms with van der Waals surface area (Å²) in [4.78, 5) is 29.0. The Balaban J connectivity index is 1.55. The molecule has 216 valence electrons. The lowest BCUT2D eigenvalue weighted by molar-refractivity contribution is -0.123. The van der Waals surface area contributed by atoms with E-state index in [2.05, 4.69) is 62.5 Å². The van der Waals surface area contributed by atoms with E-state index < -0.39 is 0 Å². The van der Waals surface area contributed by atoms with Gasteiger partial charge in [-0.2, -0.15) is 5.10 Å². The smallest absolute Gasteiger partial charge is 0.240 e. The van der Waals surface area contributed by atoms with Gasteiger partial charge >= 0.3 is 0 Å². The number of aryl methyl sites for hydroxylation is 3. The summed E-state index contributed by atoms with van der Waals surface area (Å²) in [5, 5.41) is 8.09. The second-order valence-corrected chi connectivity index (χ2v) is 12.2. The Morgan fingerprint density at radius 2 is 1.81 bits per heavy atom. The average Bonchev–Trinajstić information content (AvgIpc) is 3.62. The monoisotopic (exact) mass is 580 g/mol. The molecule has 1 saturated heterocycles. The van der Waals surface area contributed by atoms with E-state index in [9.17, 15) is 9.59 Å². The maximum absolute atomic E-state index is 14.0. The van der Waals surface area contributed by atoms with Crippen molar-refractivity contribution >= 4 is 29.4 Å². The zero-order chi connectivity index (χ0) is 29.2. The highest BCUT2D eigenvalue weighted by molar-refractivity contribution is 8.00. The minimum Gasteiger partial charge on any atom is -0.376 e. The Labute approximate surface area is 251 Å². The molecule has 0 radical (unpaired) electrons. The quantitative estimate of drug-likeness (QED) is 0.293. The summed E-state index contributed by atoms with van der Waals surface area (Å²) in [6, 6.07) is 24.7. The van der Waals surface area contributed by atoms with Gasteiger partial charge in [0.15, 0.2) is 0 Å². The fourth-order valence-electron chi connectivity index (χ4n) is 5.90. The zero-order valence-electron chi connectivity index (χ0n) is 24.3. The minimum absolute atomic E-state index is 0.0238. The van der Waals surface area contributed by atoms with Crippen LogP contribution in [0.15, 0.2) is 72.8 Å². The van der Waals surface area contributed by atoms with Gasteiger partial charge < -0.3 is 10.1 Å². The van der Waals surface area contributed by atoms with Crippen LogP contribution < -0.4 is 10.2 Å². The van der Waals surface area contributed by atoms with Gasteiger partial charge in [0.25, 0.3) is 0 Å². The summed E-state index contributed by atoms with van der Waals surface area (Å²) >= 11 is 1.59. The molecule has 7 nitrogen and oxygen atoms in total. The molecule has 0 bridgehead atoms. The van der Waals surface area contributed by atoms with E-state index in [-0.39, 0.29) is 35.5 Å². The number of nitrogens with zero attached hydrogens (tertiary/aromatic N) is 3. The van der Waals surface area contributed by atoms with Crippen molar-refractivity contribution in [2.75, 3.05) is 30.3 Å². The molecule has 8 heteroatoms. The maximum atomic E-state index is 14.0. The number of hydrogen-bond donors (Lipinski definition) is 1. The van der Waals surface area contributed by atoms with Crippen molar-refractivity contribution in [1.29, 1.82) is 0 Å². The highest BCUT2D eigenvalue weighted by Gasteiger charge is 2.38. The fourth-order valence-corrected chi connectivity index (χ4v) is 7.19. The Morgan fingerprint density at radius 1 is 1.02 bits per heavy atom. The third kappa shape index (κ3) is 5.61. The molecule has 0 saturated carbocycles. The number of carbonyl (C=O) groups excluding carboxylic acids is 2. The van der Waals surface area contributed by atoms with E-state index in [1.54, 1.807) is 16.7 Å². The summed E-state index contributed by atoms with van der Waals surface area (Å²) in [6.45, 7) is 7.31. The van der Waals surface area contributed by atoms with Crippen molar-refractivity contribution in [2.24, 2.45) is 0 Å². The molecule has 0 spiro atoms. The number of carbonyl (C=O) groups is 2. The molecule has 2 aliphatic heterocycles. The van der Waals surface area contributed by atoms with Gasteiger partial charge in [0.2, 0.25) is 11.8 Å². The molecule has 1 N–H and O–H groups in total. The van der Waals surface area contributed by atoms with Crippen molar-refractivity contribution in [1.82, 2.24) is 15.1 Å². The predicted molar refractivity (Wildman–Crippen MR) is 168 cm³/mol. The van der Waals surface area contributed by atoms with E-state index in [1.165, 1.54) is 0 Å². The Bertz CT molecular complexity index is 1610. The molecule has 3 heterocycles. The number of amides is 2. The maximum Gasteiger partial charge on any atom is 0.240 e. The molecule has 4 aromatic rings. The second-order valence-electron chi connectivity index (χ2n) is 11.1. The van der Waals surface area contributed by atoms with Crippen molar-refractivity contribution < 1.29 is 14.3 Å². The topological polar surface area (TPSA) is 76.5 Å². The molecule has 0 aliphatic carbocycles. The third-order valence-corrected chi connectivity index (χ3v) is 9.28. The van der Waals surface area contributed by atoms with Gasteiger partial charge in [-0.05, 0) is 56.4 Å². The molecule has 2 atom stereocenters. The molecule has 2 amide bonds.